The van der Waals surface area contributed by atoms with Crippen LogP contribution in [0.4, 0.5) is 5.69 Å². The summed E-state index contributed by atoms with van der Waals surface area (Å²) in [6.45, 7) is 11.3. The summed E-state index contributed by atoms with van der Waals surface area (Å²) in [5.74, 6) is 0.892. The predicted octanol–water partition coefficient (Wildman–Crippen LogP) is 3.73. The van der Waals surface area contributed by atoms with E-state index in [1.807, 2.05) is 0 Å². The predicted molar refractivity (Wildman–Crippen MR) is 83.8 cm³/mol. The summed E-state index contributed by atoms with van der Waals surface area (Å²) in [7, 11) is 0. The lowest BCUT2D eigenvalue weighted by Crippen LogP contribution is -2.33. The van der Waals surface area contributed by atoms with Crippen molar-refractivity contribution in [2.75, 3.05) is 24.5 Å². The molecule has 1 aromatic rings. The number of hydrogen-bond acceptors (Lipinski definition) is 2. The van der Waals surface area contributed by atoms with Crippen LogP contribution in [-0.2, 0) is 6.54 Å². The fourth-order valence-electron chi connectivity index (χ4n) is 2.81. The van der Waals surface area contributed by atoms with Gasteiger partial charge in [0.25, 0.3) is 0 Å². The standard InChI is InChI=1S/C17H28N2/c1-4-9-18-13-16-12-15(3)5-6-17(16)19-10-7-14(2)8-11-19/h5-6,12,14,18H,4,7-11,13H2,1-3H3. The van der Waals surface area contributed by atoms with Gasteiger partial charge in [-0.05, 0) is 50.3 Å². The van der Waals surface area contributed by atoms with Gasteiger partial charge < -0.3 is 10.2 Å². The number of benzene rings is 1. The highest BCUT2D eigenvalue weighted by atomic mass is 15.1. The van der Waals surface area contributed by atoms with Gasteiger partial charge in [0.1, 0.15) is 0 Å². The van der Waals surface area contributed by atoms with Gasteiger partial charge in [-0.1, -0.05) is 31.5 Å². The lowest BCUT2D eigenvalue weighted by Gasteiger charge is -2.33. The largest absolute Gasteiger partial charge is 0.371 e. The summed E-state index contributed by atoms with van der Waals surface area (Å²) in [5.41, 5.74) is 4.27. The van der Waals surface area contributed by atoms with Gasteiger partial charge in [-0.15, -0.1) is 0 Å². The second kappa shape index (κ2) is 6.95. The number of rotatable bonds is 5. The Morgan fingerprint density at radius 2 is 2.00 bits per heavy atom. The molecule has 1 heterocycles. The van der Waals surface area contributed by atoms with E-state index < -0.39 is 0 Å². The molecular weight excluding hydrogens is 232 g/mol. The van der Waals surface area contributed by atoms with Gasteiger partial charge in [-0.25, -0.2) is 0 Å². The van der Waals surface area contributed by atoms with E-state index in [9.17, 15) is 0 Å². The summed E-state index contributed by atoms with van der Waals surface area (Å²) >= 11 is 0. The Balaban J connectivity index is 2.09. The average Bonchev–Trinajstić information content (AvgIpc) is 2.41. The molecule has 1 saturated heterocycles. The van der Waals surface area contributed by atoms with Gasteiger partial charge in [0.05, 0.1) is 0 Å². The molecule has 19 heavy (non-hydrogen) atoms. The summed E-state index contributed by atoms with van der Waals surface area (Å²) in [6.07, 6.45) is 3.85. The van der Waals surface area contributed by atoms with Gasteiger partial charge in [0.15, 0.2) is 0 Å². The van der Waals surface area contributed by atoms with Crippen molar-refractivity contribution >= 4 is 5.69 Å². The Morgan fingerprint density at radius 1 is 1.26 bits per heavy atom. The maximum atomic E-state index is 3.54. The normalized spacial score (nSPS) is 16.9. The number of anilines is 1. The first-order chi connectivity index (χ1) is 9.20. The molecular formula is C17H28N2. The zero-order valence-electron chi connectivity index (χ0n) is 12.7. The highest BCUT2D eigenvalue weighted by molar-refractivity contribution is 5.55. The van der Waals surface area contributed by atoms with Gasteiger partial charge in [-0.2, -0.15) is 0 Å². The van der Waals surface area contributed by atoms with E-state index in [-0.39, 0.29) is 0 Å². The molecule has 1 fully saturated rings. The van der Waals surface area contributed by atoms with Crippen molar-refractivity contribution in [3.8, 4) is 0 Å². The molecule has 0 aromatic heterocycles. The van der Waals surface area contributed by atoms with E-state index in [0.29, 0.717) is 0 Å². The summed E-state index contributed by atoms with van der Waals surface area (Å²) in [6, 6.07) is 6.90. The number of nitrogens with one attached hydrogen (secondary N) is 1. The van der Waals surface area contributed by atoms with Crippen LogP contribution in [0.1, 0.15) is 44.2 Å². The quantitative estimate of drug-likeness (QED) is 0.812. The minimum Gasteiger partial charge on any atom is -0.371 e. The van der Waals surface area contributed by atoms with Gasteiger partial charge in [-0.3, -0.25) is 0 Å². The molecule has 2 rings (SSSR count). The molecule has 106 valence electrons. The van der Waals surface area contributed by atoms with E-state index in [0.717, 1.165) is 19.0 Å². The van der Waals surface area contributed by atoms with E-state index in [1.54, 1.807) is 0 Å². The Kier molecular flexibility index (Phi) is 5.26. The molecule has 0 aliphatic carbocycles. The smallest absolute Gasteiger partial charge is 0.0412 e. The van der Waals surface area contributed by atoms with Crippen LogP contribution < -0.4 is 10.2 Å². The molecule has 0 radical (unpaired) electrons. The van der Waals surface area contributed by atoms with E-state index in [4.69, 9.17) is 0 Å². The third-order valence-electron chi connectivity index (χ3n) is 4.10. The fraction of sp³-hybridized carbons (Fsp3) is 0.647. The van der Waals surface area contributed by atoms with Gasteiger partial charge in [0, 0.05) is 25.3 Å². The minimum absolute atomic E-state index is 0.892. The van der Waals surface area contributed by atoms with Gasteiger partial charge in [0.2, 0.25) is 0 Å². The minimum atomic E-state index is 0.892. The molecule has 1 aromatic carbocycles. The Bertz CT molecular complexity index is 392. The van der Waals surface area contributed by atoms with Crippen LogP contribution in [0.3, 0.4) is 0 Å². The first-order valence-electron chi connectivity index (χ1n) is 7.76. The molecule has 1 aliphatic heterocycles. The summed E-state index contributed by atoms with van der Waals surface area (Å²) in [4.78, 5) is 2.57. The lowest BCUT2D eigenvalue weighted by atomic mass is 9.97. The first-order valence-corrected chi connectivity index (χ1v) is 7.76. The van der Waals surface area contributed by atoms with E-state index in [2.05, 4.69) is 49.2 Å². The van der Waals surface area contributed by atoms with Crippen molar-refractivity contribution in [1.29, 1.82) is 0 Å². The van der Waals surface area contributed by atoms with Crippen LogP contribution in [0.15, 0.2) is 18.2 Å². The Morgan fingerprint density at radius 3 is 2.68 bits per heavy atom. The topological polar surface area (TPSA) is 15.3 Å². The van der Waals surface area contributed by atoms with Crippen molar-refractivity contribution in [2.24, 2.45) is 5.92 Å². The molecule has 0 bridgehead atoms. The van der Waals surface area contributed by atoms with Crippen LogP contribution in [0.25, 0.3) is 0 Å². The first kappa shape index (κ1) is 14.4. The highest BCUT2D eigenvalue weighted by Crippen LogP contribution is 2.27. The SMILES string of the molecule is CCCNCc1cc(C)ccc1N1CCC(C)CC1. The molecule has 0 unspecified atom stereocenters. The molecule has 2 heteroatoms. The molecule has 0 saturated carbocycles. The second-order valence-electron chi connectivity index (χ2n) is 5.98. The Hall–Kier alpha value is -1.02. The van der Waals surface area contributed by atoms with Crippen molar-refractivity contribution in [3.63, 3.8) is 0 Å². The fourth-order valence-corrected chi connectivity index (χ4v) is 2.81. The van der Waals surface area contributed by atoms with E-state index >= 15 is 0 Å². The molecule has 0 amide bonds. The lowest BCUT2D eigenvalue weighted by molar-refractivity contribution is 0.437. The van der Waals surface area contributed by atoms with Crippen LogP contribution in [-0.4, -0.2) is 19.6 Å². The molecule has 1 N–H and O–H groups in total. The van der Waals surface area contributed by atoms with Crippen LogP contribution in [0.5, 0.6) is 0 Å². The Labute approximate surface area is 118 Å². The second-order valence-corrected chi connectivity index (χ2v) is 5.98. The van der Waals surface area contributed by atoms with Crippen molar-refractivity contribution in [2.45, 2.75) is 46.6 Å². The van der Waals surface area contributed by atoms with E-state index in [1.165, 1.54) is 49.2 Å². The van der Waals surface area contributed by atoms with Crippen LogP contribution >= 0.6 is 0 Å². The third-order valence-corrected chi connectivity index (χ3v) is 4.10. The molecule has 0 atom stereocenters. The molecule has 0 spiro atoms. The number of hydrogen-bond donors (Lipinski definition) is 1. The zero-order valence-corrected chi connectivity index (χ0v) is 12.7. The zero-order chi connectivity index (χ0) is 13.7. The summed E-state index contributed by atoms with van der Waals surface area (Å²) < 4.78 is 0. The summed E-state index contributed by atoms with van der Waals surface area (Å²) in [5, 5.41) is 3.54. The third kappa shape index (κ3) is 3.97. The van der Waals surface area contributed by atoms with Crippen molar-refractivity contribution in [3.05, 3.63) is 29.3 Å². The monoisotopic (exact) mass is 260 g/mol. The number of aryl methyl sites for hydroxylation is 1. The number of piperidine rings is 1. The maximum Gasteiger partial charge on any atom is 0.0412 e. The molecule has 2 nitrogen and oxygen atoms in total. The van der Waals surface area contributed by atoms with Gasteiger partial charge >= 0.3 is 0 Å². The highest BCUT2D eigenvalue weighted by Gasteiger charge is 2.18. The maximum absolute atomic E-state index is 3.54. The average molecular weight is 260 g/mol. The van der Waals surface area contributed by atoms with Crippen LogP contribution in [0, 0.1) is 12.8 Å². The van der Waals surface area contributed by atoms with Crippen LogP contribution in [0.2, 0.25) is 0 Å². The van der Waals surface area contributed by atoms with Crippen molar-refractivity contribution < 1.29 is 0 Å². The number of nitrogens with zero attached hydrogens (tertiary/aromatic N) is 1. The van der Waals surface area contributed by atoms with Crippen molar-refractivity contribution in [1.82, 2.24) is 5.32 Å². The molecule has 1 aliphatic rings.